The average Bonchev–Trinajstić information content (AvgIpc) is 3.13. The van der Waals surface area contributed by atoms with Gasteiger partial charge in [-0.25, -0.2) is 5.06 Å². The summed E-state index contributed by atoms with van der Waals surface area (Å²) < 4.78 is 0. The summed E-state index contributed by atoms with van der Waals surface area (Å²) in [5, 5.41) is 1.92. The van der Waals surface area contributed by atoms with Gasteiger partial charge < -0.3 is 4.90 Å². The smallest absolute Gasteiger partial charge is 0.257 e. The molecule has 0 radical (unpaired) electrons. The minimum atomic E-state index is -0.717. The van der Waals surface area contributed by atoms with E-state index < -0.39 is 5.60 Å². The maximum absolute atomic E-state index is 12.7. The Morgan fingerprint density at radius 2 is 1.70 bits per heavy atom. The van der Waals surface area contributed by atoms with Crippen LogP contribution in [0.5, 0.6) is 0 Å². The first kappa shape index (κ1) is 14.3. The van der Waals surface area contributed by atoms with E-state index in [-0.39, 0.29) is 11.9 Å². The fraction of sp³-hybridized carbons (Fsp3) is 0.316. The molecule has 2 saturated heterocycles. The summed E-state index contributed by atoms with van der Waals surface area (Å²) in [5.74, 6) is 0.0943. The van der Waals surface area contributed by atoms with Gasteiger partial charge in [0.1, 0.15) is 0 Å². The van der Waals surface area contributed by atoms with Crippen molar-refractivity contribution in [3.05, 3.63) is 66.2 Å². The predicted octanol–water partition coefficient (Wildman–Crippen LogP) is 3.17. The van der Waals surface area contributed by atoms with Crippen LogP contribution in [0, 0.1) is 0 Å². The lowest BCUT2D eigenvalue weighted by Crippen LogP contribution is -2.39. The van der Waals surface area contributed by atoms with Crippen molar-refractivity contribution < 1.29 is 9.63 Å². The van der Waals surface area contributed by atoms with Gasteiger partial charge in [-0.3, -0.25) is 9.63 Å². The molecule has 4 nitrogen and oxygen atoms in total. The van der Waals surface area contributed by atoms with Crippen LogP contribution in [0.1, 0.15) is 24.4 Å². The van der Waals surface area contributed by atoms with Crippen molar-refractivity contribution in [3.8, 4) is 0 Å². The summed E-state index contributed by atoms with van der Waals surface area (Å²) in [7, 11) is 1.85. The second-order valence-electron chi connectivity index (χ2n) is 6.35. The minimum Gasteiger partial charge on any atom is -0.343 e. The zero-order valence-corrected chi connectivity index (χ0v) is 13.2. The van der Waals surface area contributed by atoms with Crippen LogP contribution in [0.25, 0.3) is 0 Å². The van der Waals surface area contributed by atoms with Gasteiger partial charge in [-0.15, -0.1) is 0 Å². The third-order valence-corrected chi connectivity index (χ3v) is 4.86. The monoisotopic (exact) mass is 308 g/mol. The molecule has 1 amide bonds. The topological polar surface area (TPSA) is 32.8 Å². The number of hydroxylamine groups is 1. The van der Waals surface area contributed by atoms with Gasteiger partial charge in [-0.05, 0) is 17.7 Å². The first-order chi connectivity index (χ1) is 11.2. The Morgan fingerprint density at radius 1 is 1.04 bits per heavy atom. The number of likely N-dealkylation sites (tertiary alicyclic amines) is 1. The summed E-state index contributed by atoms with van der Waals surface area (Å²) in [5.41, 5.74) is 1.45. The van der Waals surface area contributed by atoms with E-state index in [4.69, 9.17) is 4.84 Å². The number of para-hydroxylation sites is 1. The second-order valence-corrected chi connectivity index (χ2v) is 6.35. The number of carbonyl (C=O) groups is 1. The molecular formula is C19H20N2O2. The van der Waals surface area contributed by atoms with Gasteiger partial charge in [-0.1, -0.05) is 48.5 Å². The van der Waals surface area contributed by atoms with Crippen LogP contribution in [0.4, 0.5) is 5.69 Å². The number of rotatable bonds is 2. The van der Waals surface area contributed by atoms with Crippen molar-refractivity contribution in [2.75, 3.05) is 18.7 Å². The number of nitrogens with zero attached hydrogens (tertiary/aromatic N) is 2. The van der Waals surface area contributed by atoms with E-state index in [0.29, 0.717) is 6.42 Å². The Kier molecular flexibility index (Phi) is 3.34. The molecule has 4 rings (SSSR count). The number of benzene rings is 2. The summed E-state index contributed by atoms with van der Waals surface area (Å²) >= 11 is 0. The van der Waals surface area contributed by atoms with Crippen LogP contribution in [0.3, 0.4) is 0 Å². The molecule has 2 aliphatic heterocycles. The SMILES string of the molecule is CN1CC[C@]2(C[C@@H](c3ccccc3)N(c3ccccc3)O2)C1=O. The van der Waals surface area contributed by atoms with E-state index in [0.717, 1.165) is 18.7 Å². The van der Waals surface area contributed by atoms with Crippen molar-refractivity contribution in [3.63, 3.8) is 0 Å². The first-order valence-electron chi connectivity index (χ1n) is 8.04. The van der Waals surface area contributed by atoms with E-state index in [1.165, 1.54) is 5.56 Å². The van der Waals surface area contributed by atoms with E-state index in [9.17, 15) is 4.79 Å². The molecule has 1 spiro atoms. The molecule has 118 valence electrons. The van der Waals surface area contributed by atoms with E-state index in [1.54, 1.807) is 4.90 Å². The van der Waals surface area contributed by atoms with Crippen LogP contribution in [-0.4, -0.2) is 30.0 Å². The molecule has 0 bridgehead atoms. The molecule has 0 unspecified atom stereocenters. The molecule has 0 N–H and O–H groups in total. The van der Waals surface area contributed by atoms with Crippen molar-refractivity contribution in [2.24, 2.45) is 0 Å². The third-order valence-electron chi connectivity index (χ3n) is 4.86. The molecule has 23 heavy (non-hydrogen) atoms. The van der Waals surface area contributed by atoms with Gasteiger partial charge in [0.05, 0.1) is 11.7 Å². The van der Waals surface area contributed by atoms with Gasteiger partial charge in [0.15, 0.2) is 5.60 Å². The quantitative estimate of drug-likeness (QED) is 0.854. The van der Waals surface area contributed by atoms with Crippen molar-refractivity contribution in [1.29, 1.82) is 0 Å². The predicted molar refractivity (Wildman–Crippen MR) is 88.8 cm³/mol. The number of carbonyl (C=O) groups excluding carboxylic acids is 1. The van der Waals surface area contributed by atoms with Crippen molar-refractivity contribution in [1.82, 2.24) is 4.90 Å². The van der Waals surface area contributed by atoms with Crippen LogP contribution in [-0.2, 0) is 9.63 Å². The van der Waals surface area contributed by atoms with E-state index in [2.05, 4.69) is 12.1 Å². The lowest BCUT2D eigenvalue weighted by Gasteiger charge is -2.26. The molecule has 2 atom stereocenters. The van der Waals surface area contributed by atoms with Gasteiger partial charge >= 0.3 is 0 Å². The van der Waals surface area contributed by atoms with Crippen LogP contribution < -0.4 is 5.06 Å². The number of amides is 1. The van der Waals surface area contributed by atoms with Gasteiger partial charge in [-0.2, -0.15) is 0 Å². The Morgan fingerprint density at radius 3 is 2.30 bits per heavy atom. The fourth-order valence-electron chi connectivity index (χ4n) is 3.60. The maximum Gasteiger partial charge on any atom is 0.257 e. The van der Waals surface area contributed by atoms with Crippen molar-refractivity contribution >= 4 is 11.6 Å². The highest BCUT2D eigenvalue weighted by atomic mass is 16.7. The summed E-state index contributed by atoms with van der Waals surface area (Å²) in [6, 6.07) is 20.4. The molecule has 2 heterocycles. The molecule has 2 fully saturated rings. The highest BCUT2D eigenvalue weighted by molar-refractivity contribution is 5.88. The summed E-state index contributed by atoms with van der Waals surface area (Å²) in [4.78, 5) is 20.7. The van der Waals surface area contributed by atoms with Gasteiger partial charge in [0, 0.05) is 26.4 Å². The van der Waals surface area contributed by atoms with E-state index >= 15 is 0 Å². The number of hydrogen-bond donors (Lipinski definition) is 0. The fourth-order valence-corrected chi connectivity index (χ4v) is 3.60. The van der Waals surface area contributed by atoms with Crippen LogP contribution >= 0.6 is 0 Å². The normalized spacial score (nSPS) is 27.2. The Hall–Kier alpha value is -2.33. The standard InChI is InChI=1S/C19H20N2O2/c1-20-13-12-19(18(20)22)14-17(15-8-4-2-5-9-15)21(23-19)16-10-6-3-7-11-16/h2-11,17H,12-14H2,1H3/t17-,19-/m0/s1. The molecule has 0 aliphatic carbocycles. The highest BCUT2D eigenvalue weighted by Gasteiger charge is 2.55. The lowest BCUT2D eigenvalue weighted by molar-refractivity contribution is -0.144. The summed E-state index contributed by atoms with van der Waals surface area (Å²) in [6.45, 7) is 0.753. The second kappa shape index (κ2) is 5.39. The molecular weight excluding hydrogens is 288 g/mol. The number of anilines is 1. The maximum atomic E-state index is 12.7. The Balaban J connectivity index is 1.74. The largest absolute Gasteiger partial charge is 0.343 e. The number of hydrogen-bond acceptors (Lipinski definition) is 3. The van der Waals surface area contributed by atoms with Crippen LogP contribution in [0.15, 0.2) is 60.7 Å². The highest BCUT2D eigenvalue weighted by Crippen LogP contribution is 2.47. The molecule has 0 aromatic heterocycles. The molecule has 2 aromatic carbocycles. The zero-order chi connectivity index (χ0) is 15.9. The first-order valence-corrected chi connectivity index (χ1v) is 8.04. The Bertz CT molecular complexity index is 654. The Labute approximate surface area is 136 Å². The number of likely N-dealkylation sites (N-methyl/N-ethyl adjacent to an activating group) is 1. The third kappa shape index (κ3) is 2.30. The lowest BCUT2D eigenvalue weighted by atomic mass is 9.91. The van der Waals surface area contributed by atoms with E-state index in [1.807, 2.05) is 60.6 Å². The molecule has 4 heteroatoms. The average molecular weight is 308 g/mol. The van der Waals surface area contributed by atoms with Crippen molar-refractivity contribution in [2.45, 2.75) is 24.5 Å². The molecule has 2 aliphatic rings. The zero-order valence-electron chi connectivity index (χ0n) is 13.2. The molecule has 0 saturated carbocycles. The van der Waals surface area contributed by atoms with Crippen LogP contribution in [0.2, 0.25) is 0 Å². The minimum absolute atomic E-state index is 0.0500. The van der Waals surface area contributed by atoms with Gasteiger partial charge in [0.2, 0.25) is 0 Å². The molecule has 2 aromatic rings. The van der Waals surface area contributed by atoms with Gasteiger partial charge in [0.25, 0.3) is 5.91 Å². The summed E-state index contributed by atoms with van der Waals surface area (Å²) in [6.07, 6.45) is 1.43.